The van der Waals surface area contributed by atoms with Crippen molar-refractivity contribution in [3.05, 3.63) is 53.9 Å². The molecular weight excluding hydrogens is 502 g/mol. The number of aryl methyl sites for hydroxylation is 3. The van der Waals surface area contributed by atoms with Crippen LogP contribution in [0.25, 0.3) is 0 Å². The van der Waals surface area contributed by atoms with Gasteiger partial charge in [-0.05, 0) is 25.1 Å². The number of nitrogens with two attached hydrogens (primary N) is 1. The second-order valence-electron chi connectivity index (χ2n) is 8.45. The van der Waals surface area contributed by atoms with E-state index in [0.29, 0.717) is 34.9 Å². The second-order valence-corrected chi connectivity index (χ2v) is 8.45. The number of anilines is 3. The highest BCUT2D eigenvalue weighted by molar-refractivity contribution is 6.07. The van der Waals surface area contributed by atoms with Crippen molar-refractivity contribution in [1.29, 1.82) is 5.41 Å². The van der Waals surface area contributed by atoms with Gasteiger partial charge in [0.15, 0.2) is 0 Å². The fourth-order valence-corrected chi connectivity index (χ4v) is 3.72. The van der Waals surface area contributed by atoms with Gasteiger partial charge in [0, 0.05) is 52.2 Å². The van der Waals surface area contributed by atoms with Crippen LogP contribution in [0, 0.1) is 5.41 Å². The Morgan fingerprint density at radius 2 is 1.27 bits per heavy atom. The molecule has 0 saturated heterocycles. The van der Waals surface area contributed by atoms with Crippen LogP contribution in [0.2, 0.25) is 0 Å². The predicted octanol–water partition coefficient (Wildman–Crippen LogP) is 1.64. The van der Waals surface area contributed by atoms with Crippen LogP contribution >= 0.6 is 12.4 Å². The number of hydrogen-bond donors (Lipinski definition) is 6. The summed E-state index contributed by atoms with van der Waals surface area (Å²) < 4.78 is 4.71. The molecule has 0 aliphatic rings. The molecule has 3 aromatic heterocycles. The lowest BCUT2D eigenvalue weighted by Gasteiger charge is -2.13. The van der Waals surface area contributed by atoms with Crippen molar-refractivity contribution in [2.45, 2.75) is 19.4 Å². The largest absolute Gasteiger partial charge is 0.388 e. The van der Waals surface area contributed by atoms with Crippen molar-refractivity contribution < 1.29 is 19.2 Å². The zero-order valence-corrected chi connectivity index (χ0v) is 21.6. The number of carbonyl (C=O) groups is 4. The van der Waals surface area contributed by atoms with Crippen LogP contribution in [-0.4, -0.2) is 49.7 Å². The number of rotatable bonds is 10. The molecule has 0 bridgehead atoms. The molecule has 37 heavy (non-hydrogen) atoms. The summed E-state index contributed by atoms with van der Waals surface area (Å²) in [6.45, 7) is 1.75. The van der Waals surface area contributed by atoms with Crippen LogP contribution in [0.4, 0.5) is 17.1 Å². The summed E-state index contributed by atoms with van der Waals surface area (Å²) in [5, 5.41) is 18.1. The van der Waals surface area contributed by atoms with Gasteiger partial charge in [-0.25, -0.2) is 0 Å². The predicted molar refractivity (Wildman–Crippen MR) is 143 cm³/mol. The molecule has 0 saturated carbocycles. The number of halogens is 1. The molecular formula is C23H30ClN9O4. The van der Waals surface area contributed by atoms with E-state index in [2.05, 4.69) is 21.3 Å². The van der Waals surface area contributed by atoms with Gasteiger partial charge in [-0.2, -0.15) is 0 Å². The summed E-state index contributed by atoms with van der Waals surface area (Å²) in [5.41, 5.74) is 7.61. The van der Waals surface area contributed by atoms with Gasteiger partial charge >= 0.3 is 0 Å². The third-order valence-corrected chi connectivity index (χ3v) is 5.36. The molecule has 0 aliphatic heterocycles. The first-order valence-corrected chi connectivity index (χ1v) is 10.9. The highest BCUT2D eigenvalue weighted by atomic mass is 35.5. The average Bonchev–Trinajstić information content (AvgIpc) is 3.44. The zero-order valence-electron chi connectivity index (χ0n) is 20.8. The monoisotopic (exact) mass is 531 g/mol. The van der Waals surface area contributed by atoms with Crippen LogP contribution < -0.4 is 27.0 Å². The fraction of sp³-hybridized carbons (Fsp3) is 0.261. The lowest BCUT2D eigenvalue weighted by molar-refractivity contribution is -0.105. The Labute approximate surface area is 219 Å². The second kappa shape index (κ2) is 11.9. The third kappa shape index (κ3) is 7.01. The molecule has 13 nitrogen and oxygen atoms in total. The van der Waals surface area contributed by atoms with E-state index in [9.17, 15) is 19.2 Å². The van der Waals surface area contributed by atoms with Crippen molar-refractivity contribution in [1.82, 2.24) is 19.0 Å². The summed E-state index contributed by atoms with van der Waals surface area (Å²) in [7, 11) is 5.02. The average molecular weight is 532 g/mol. The molecule has 7 N–H and O–H groups in total. The normalized spacial score (nSPS) is 11.1. The molecule has 3 rings (SSSR count). The van der Waals surface area contributed by atoms with E-state index in [0.717, 1.165) is 0 Å². The number of nitrogens with one attached hydrogen (secondary N) is 5. The van der Waals surface area contributed by atoms with Crippen molar-refractivity contribution in [2.24, 2.45) is 26.9 Å². The molecule has 1 atom stereocenters. The van der Waals surface area contributed by atoms with E-state index in [1.807, 2.05) is 0 Å². The zero-order chi connectivity index (χ0) is 26.6. The van der Waals surface area contributed by atoms with Gasteiger partial charge in [0.25, 0.3) is 17.7 Å². The van der Waals surface area contributed by atoms with E-state index >= 15 is 0 Å². The Morgan fingerprint density at radius 3 is 1.70 bits per heavy atom. The molecule has 198 valence electrons. The van der Waals surface area contributed by atoms with E-state index in [-0.39, 0.29) is 42.3 Å². The lowest BCUT2D eigenvalue weighted by atomic mass is 10.2. The molecule has 4 amide bonds. The summed E-state index contributed by atoms with van der Waals surface area (Å²) >= 11 is 0. The Morgan fingerprint density at radius 1 is 0.865 bits per heavy atom. The maximum atomic E-state index is 12.9. The maximum absolute atomic E-state index is 12.9. The van der Waals surface area contributed by atoms with Crippen molar-refractivity contribution in [2.75, 3.05) is 16.0 Å². The Bertz CT molecular complexity index is 1340. The van der Waals surface area contributed by atoms with Gasteiger partial charge in [0.2, 0.25) is 6.41 Å². The summed E-state index contributed by atoms with van der Waals surface area (Å²) in [6.07, 6.45) is 5.56. The van der Waals surface area contributed by atoms with Crippen LogP contribution in [0.1, 0.15) is 44.8 Å². The van der Waals surface area contributed by atoms with Crippen LogP contribution in [-0.2, 0) is 25.9 Å². The highest BCUT2D eigenvalue weighted by Crippen LogP contribution is 2.19. The standard InChI is InChI=1S/C23H29N9O4.ClH/c1-13(5-20(24)25)27-21(34)18-7-15(10-31(18)3)29-23(36)19-8-16(11-32(19)4)28-22(35)17-6-14(26-12-33)9-30(17)2;/h6-13H,5H2,1-4H3,(H3,24,25)(H,26,33)(H,27,34)(H,28,35)(H,29,36);1H. The van der Waals surface area contributed by atoms with Crippen LogP contribution in [0.3, 0.4) is 0 Å². The van der Waals surface area contributed by atoms with Gasteiger partial charge in [-0.15, -0.1) is 12.4 Å². The minimum atomic E-state index is -0.433. The minimum absolute atomic E-state index is 0. The highest BCUT2D eigenvalue weighted by Gasteiger charge is 2.19. The quantitative estimate of drug-likeness (QED) is 0.132. The molecule has 0 spiro atoms. The molecule has 3 heterocycles. The molecule has 0 aliphatic carbocycles. The number of nitrogens with zero attached hydrogens (tertiary/aromatic N) is 3. The third-order valence-electron chi connectivity index (χ3n) is 5.36. The van der Waals surface area contributed by atoms with Gasteiger partial charge in [0.1, 0.15) is 17.1 Å². The Balaban J connectivity index is 0.00000481. The Kier molecular flexibility index (Phi) is 9.27. The number of aromatic nitrogens is 3. The van der Waals surface area contributed by atoms with E-state index in [1.54, 1.807) is 66.4 Å². The first kappa shape index (κ1) is 28.7. The van der Waals surface area contributed by atoms with Crippen molar-refractivity contribution >= 4 is 59.4 Å². The summed E-state index contributed by atoms with van der Waals surface area (Å²) in [6, 6.07) is 4.29. The van der Waals surface area contributed by atoms with E-state index in [1.165, 1.54) is 12.1 Å². The maximum Gasteiger partial charge on any atom is 0.272 e. The molecule has 1 unspecified atom stereocenters. The fourth-order valence-electron chi connectivity index (χ4n) is 3.72. The van der Waals surface area contributed by atoms with E-state index < -0.39 is 11.8 Å². The van der Waals surface area contributed by atoms with Gasteiger partial charge in [0.05, 0.1) is 22.9 Å². The SMILES string of the molecule is CC(CC(=N)N)NC(=O)c1cc(NC(=O)c2cc(NC(=O)c3cc(NC=O)cn3C)cn2C)cn1C.Cl. The van der Waals surface area contributed by atoms with Gasteiger partial charge in [-0.3, -0.25) is 24.6 Å². The topological polar surface area (TPSA) is 181 Å². The smallest absolute Gasteiger partial charge is 0.272 e. The minimum Gasteiger partial charge on any atom is -0.388 e. The first-order chi connectivity index (χ1) is 17.0. The van der Waals surface area contributed by atoms with Gasteiger partial charge < -0.3 is 40.7 Å². The van der Waals surface area contributed by atoms with E-state index in [4.69, 9.17) is 11.1 Å². The van der Waals surface area contributed by atoms with Crippen molar-refractivity contribution in [3.63, 3.8) is 0 Å². The Hall–Kier alpha value is -4.52. The number of amides is 4. The first-order valence-electron chi connectivity index (χ1n) is 10.9. The number of hydrogen-bond acceptors (Lipinski definition) is 5. The summed E-state index contributed by atoms with van der Waals surface area (Å²) in [4.78, 5) is 48.7. The lowest BCUT2D eigenvalue weighted by Crippen LogP contribution is -2.36. The molecule has 3 aromatic rings. The molecule has 0 radical (unpaired) electrons. The number of amidine groups is 1. The van der Waals surface area contributed by atoms with Crippen molar-refractivity contribution in [3.8, 4) is 0 Å². The molecule has 0 aromatic carbocycles. The van der Waals surface area contributed by atoms with Crippen LogP contribution in [0.5, 0.6) is 0 Å². The molecule has 0 fully saturated rings. The van der Waals surface area contributed by atoms with Gasteiger partial charge in [-0.1, -0.05) is 0 Å². The molecule has 14 heteroatoms. The van der Waals surface area contributed by atoms with Crippen LogP contribution in [0.15, 0.2) is 36.8 Å². The summed E-state index contributed by atoms with van der Waals surface area (Å²) in [5.74, 6) is -1.23. The number of carbonyl (C=O) groups excluding carboxylic acids is 4.